The molecule has 7 aliphatic rings. The summed E-state index contributed by atoms with van der Waals surface area (Å²) < 4.78 is 0. The Morgan fingerprint density at radius 2 is 0.350 bits per heavy atom. The molecule has 0 amide bonds. The Bertz CT molecular complexity index is 6860. The molecular formula is C117H98. The second-order valence-corrected chi connectivity index (χ2v) is 39.7. The monoisotopic (exact) mass is 1500 g/mol. The van der Waals surface area contributed by atoms with Gasteiger partial charge in [0.05, 0.1) is 0 Å². The molecule has 0 unspecified atom stereocenters. The third-order valence-electron chi connectivity index (χ3n) is 30.8. The van der Waals surface area contributed by atoms with Crippen molar-refractivity contribution < 1.29 is 0 Å². The van der Waals surface area contributed by atoms with Crippen LogP contribution in [0.4, 0.5) is 0 Å². The van der Waals surface area contributed by atoms with Crippen LogP contribution in [0.15, 0.2) is 267 Å². The summed E-state index contributed by atoms with van der Waals surface area (Å²) in [6.07, 6.45) is 0. The average Bonchev–Trinajstić information content (AvgIpc) is 1.51. The highest BCUT2D eigenvalue weighted by Crippen LogP contribution is 2.64. The number of hydrogen-bond acceptors (Lipinski definition) is 0. The molecule has 0 radical (unpaired) electrons. The number of hydrogen-bond donors (Lipinski definition) is 0. The van der Waals surface area contributed by atoms with Gasteiger partial charge < -0.3 is 0 Å². The van der Waals surface area contributed by atoms with E-state index in [1.165, 1.54) is 266 Å². The summed E-state index contributed by atoms with van der Waals surface area (Å²) in [6, 6.07) is 106. The molecule has 0 spiro atoms. The van der Waals surface area contributed by atoms with E-state index >= 15 is 0 Å². The van der Waals surface area contributed by atoms with E-state index in [2.05, 4.69) is 392 Å². The molecule has 0 atom stereocenters. The summed E-state index contributed by atoms with van der Waals surface area (Å²) in [4.78, 5) is 0. The van der Waals surface area contributed by atoms with E-state index in [1.807, 2.05) is 0 Å². The predicted molar refractivity (Wildman–Crippen MR) is 496 cm³/mol. The molecule has 0 nitrogen and oxygen atoms in total. The molecule has 0 bridgehead atoms. The SMILES string of the molecule is Cc1cc(-c2cc3c(c4ccccc24)-c2cc4c(cc2C3(C)C)-c2cc3c(cc2C4(C)C)-c2c(cc(-c4cc(C)c(-c5ccc6c(c5)C(C)(C)c5cc(-c7ccc8c(c7)C(C)(C)c7ccccc7-8)ccc5-6)cc4C)c4ccccc24)C3(C)C)c(C)cc1-c1ccc2c(c1)C(C)(C)c1cc(-c3ccc4c(c3)C(C)(C)c3ccccc3-4)ccc1-2. The quantitative estimate of drug-likeness (QED) is 0.156. The molecule has 0 fully saturated rings. The first-order valence-electron chi connectivity index (χ1n) is 42.8. The van der Waals surface area contributed by atoms with Crippen LogP contribution < -0.4 is 0 Å². The van der Waals surface area contributed by atoms with E-state index in [1.54, 1.807) is 0 Å². The Morgan fingerprint density at radius 1 is 0.137 bits per heavy atom. The highest BCUT2D eigenvalue weighted by Gasteiger charge is 2.48. The number of benzene rings is 16. The molecular weight excluding hydrogens is 1410 g/mol. The van der Waals surface area contributed by atoms with Gasteiger partial charge in [0, 0.05) is 37.9 Å². The summed E-state index contributed by atoms with van der Waals surface area (Å²) in [5.41, 5.74) is 58.4. The molecule has 0 heteroatoms. The zero-order valence-electron chi connectivity index (χ0n) is 70.9. The molecule has 0 saturated carbocycles. The fourth-order valence-corrected chi connectivity index (χ4v) is 24.1. The lowest BCUT2D eigenvalue weighted by atomic mass is 9.78. The zero-order chi connectivity index (χ0) is 80.3. The highest BCUT2D eigenvalue weighted by molar-refractivity contribution is 6.13. The van der Waals surface area contributed by atoms with E-state index in [0.717, 1.165) is 0 Å². The van der Waals surface area contributed by atoms with Gasteiger partial charge in [0.15, 0.2) is 0 Å². The van der Waals surface area contributed by atoms with Crippen molar-refractivity contribution in [2.45, 2.75) is 163 Å². The lowest BCUT2D eigenvalue weighted by Gasteiger charge is -2.25. The van der Waals surface area contributed by atoms with E-state index in [-0.39, 0.29) is 37.9 Å². The maximum Gasteiger partial charge on any atom is 0.0159 e. The Kier molecular flexibility index (Phi) is 14.0. The summed E-state index contributed by atoms with van der Waals surface area (Å²) in [5.74, 6) is 0. The first-order valence-corrected chi connectivity index (χ1v) is 42.8. The summed E-state index contributed by atoms with van der Waals surface area (Å²) >= 11 is 0. The van der Waals surface area contributed by atoms with Gasteiger partial charge in [0.1, 0.15) is 0 Å². The van der Waals surface area contributed by atoms with Crippen molar-refractivity contribution in [3.05, 3.63) is 367 Å². The largest absolute Gasteiger partial charge is 0.0619 e. The van der Waals surface area contributed by atoms with Crippen molar-refractivity contribution in [3.63, 3.8) is 0 Å². The van der Waals surface area contributed by atoms with Crippen LogP contribution in [-0.4, -0.2) is 0 Å². The Balaban J connectivity index is 0.550. The van der Waals surface area contributed by atoms with Crippen LogP contribution in [0.2, 0.25) is 0 Å². The fraction of sp³-hybridized carbons (Fsp3) is 0.214. The first-order chi connectivity index (χ1) is 55.9. The lowest BCUT2D eigenvalue weighted by Crippen LogP contribution is -2.17. The van der Waals surface area contributed by atoms with Gasteiger partial charge in [0.25, 0.3) is 0 Å². The van der Waals surface area contributed by atoms with Crippen LogP contribution in [0.25, 0.3) is 166 Å². The topological polar surface area (TPSA) is 0 Å². The Hall–Kier alpha value is -12.0. The number of fused-ring (bicyclic) bond motifs is 25. The number of rotatable bonds is 6. The zero-order valence-corrected chi connectivity index (χ0v) is 70.9. The summed E-state index contributed by atoms with van der Waals surface area (Å²) in [6.45, 7) is 43.5. The van der Waals surface area contributed by atoms with E-state index < -0.39 is 0 Å². The van der Waals surface area contributed by atoms with Crippen LogP contribution in [0.3, 0.4) is 0 Å². The van der Waals surface area contributed by atoms with Crippen LogP contribution in [0, 0.1) is 27.7 Å². The standard InChI is InChI=1S/C117H98/c1-63-49-87(65(3)47-85(63)71-39-45-81-79-43-37-69(53-99(79)113(9,10)101(81)55-71)67-35-41-77-75-29-23-25-33-95(75)111(5,6)97(77)51-67)89-57-107-109(83-31-21-19-27-73(83)89)93-61-103-91(59-105(93)116(107,15)16)92-60-106-94(62-104(92)115(103,13)14)110-84-32-22-20-28-74(84)90(58-108(110)117(106,17)18)88-50-64(2)86(48-66(88)4)72-40-46-82-80-44-38-70(54-100(80)114(11,12)102(82)56-72)68-36-42-78-76-30-24-26-34-96(76)112(7,8)98(78)52-68/h19-62H,1-18H3. The molecule has 117 heavy (non-hydrogen) atoms. The molecule has 0 N–H and O–H groups in total. The maximum absolute atomic E-state index is 2.64. The molecule has 0 saturated heterocycles. The van der Waals surface area contributed by atoms with Gasteiger partial charge in [-0.3, -0.25) is 0 Å². The van der Waals surface area contributed by atoms with Crippen LogP contribution in [0.1, 0.15) is 197 Å². The molecule has 16 aromatic carbocycles. The van der Waals surface area contributed by atoms with Gasteiger partial charge in [-0.15, -0.1) is 0 Å². The van der Waals surface area contributed by atoms with Gasteiger partial charge in [-0.1, -0.05) is 291 Å². The number of aryl methyl sites for hydroxylation is 4. The van der Waals surface area contributed by atoms with Crippen molar-refractivity contribution in [1.82, 2.24) is 0 Å². The van der Waals surface area contributed by atoms with E-state index in [4.69, 9.17) is 0 Å². The van der Waals surface area contributed by atoms with Crippen molar-refractivity contribution in [1.29, 1.82) is 0 Å². The minimum atomic E-state index is -0.267. The van der Waals surface area contributed by atoms with Crippen LogP contribution >= 0.6 is 0 Å². The van der Waals surface area contributed by atoms with Crippen LogP contribution in [-0.2, 0) is 37.9 Å². The smallest absolute Gasteiger partial charge is 0.0159 e. The minimum Gasteiger partial charge on any atom is -0.0619 e. The Labute approximate surface area is 691 Å². The lowest BCUT2D eigenvalue weighted by molar-refractivity contribution is 0.649. The second kappa shape index (κ2) is 23.2. The van der Waals surface area contributed by atoms with Crippen molar-refractivity contribution in [3.8, 4) is 145 Å². The van der Waals surface area contributed by atoms with Gasteiger partial charge in [-0.05, 0) is 367 Å². The molecule has 23 rings (SSSR count). The maximum atomic E-state index is 2.64. The molecule has 7 aliphatic carbocycles. The highest BCUT2D eigenvalue weighted by atomic mass is 14.5. The van der Waals surface area contributed by atoms with Gasteiger partial charge in [0.2, 0.25) is 0 Å². The predicted octanol–water partition coefficient (Wildman–Crippen LogP) is 31.4. The van der Waals surface area contributed by atoms with Crippen molar-refractivity contribution >= 4 is 21.5 Å². The van der Waals surface area contributed by atoms with E-state index in [9.17, 15) is 0 Å². The van der Waals surface area contributed by atoms with Crippen LogP contribution in [0.5, 0.6) is 0 Å². The summed E-state index contributed by atoms with van der Waals surface area (Å²) in [7, 11) is 0. The third-order valence-corrected chi connectivity index (χ3v) is 30.8. The fourth-order valence-electron chi connectivity index (χ4n) is 24.1. The van der Waals surface area contributed by atoms with Gasteiger partial charge in [-0.25, -0.2) is 0 Å². The Morgan fingerprint density at radius 3 is 0.684 bits per heavy atom. The van der Waals surface area contributed by atoms with Crippen molar-refractivity contribution in [2.75, 3.05) is 0 Å². The van der Waals surface area contributed by atoms with Crippen molar-refractivity contribution in [2.24, 2.45) is 0 Å². The van der Waals surface area contributed by atoms with Gasteiger partial charge >= 0.3 is 0 Å². The molecule has 16 aromatic rings. The third kappa shape index (κ3) is 9.26. The normalized spacial score (nSPS) is 16.6. The first kappa shape index (κ1) is 70.4. The van der Waals surface area contributed by atoms with Gasteiger partial charge in [-0.2, -0.15) is 0 Å². The molecule has 566 valence electrons. The molecule has 0 heterocycles. The molecule has 0 aliphatic heterocycles. The van der Waals surface area contributed by atoms with E-state index in [0.29, 0.717) is 0 Å². The molecule has 0 aromatic heterocycles. The summed E-state index contributed by atoms with van der Waals surface area (Å²) in [5, 5.41) is 5.28. The minimum absolute atomic E-state index is 0.0470. The second-order valence-electron chi connectivity index (χ2n) is 39.7. The average molecular weight is 1500 g/mol.